The number of hydrogen-bond donors (Lipinski definition) is 2. The summed E-state index contributed by atoms with van der Waals surface area (Å²) < 4.78 is 0. The minimum atomic E-state index is -0.851. The highest BCUT2D eigenvalue weighted by molar-refractivity contribution is 5.66. The van der Waals surface area contributed by atoms with Crippen LogP contribution in [-0.2, 0) is 4.79 Å². The SMILES string of the molecule is N#CN(CC#CC1(O)CCCCC1)CCCCCCC(=O)O. The van der Waals surface area contributed by atoms with Crippen molar-refractivity contribution in [1.82, 2.24) is 4.90 Å². The molecule has 0 aliphatic heterocycles. The molecule has 1 aliphatic rings. The summed E-state index contributed by atoms with van der Waals surface area (Å²) in [4.78, 5) is 12.0. The van der Waals surface area contributed by atoms with Crippen LogP contribution in [0, 0.1) is 23.3 Å². The molecule has 0 aromatic heterocycles. The van der Waals surface area contributed by atoms with E-state index in [0.29, 0.717) is 19.5 Å². The van der Waals surface area contributed by atoms with Gasteiger partial charge in [0.25, 0.3) is 0 Å². The molecule has 0 aromatic rings. The van der Waals surface area contributed by atoms with E-state index >= 15 is 0 Å². The van der Waals surface area contributed by atoms with Crippen molar-refractivity contribution in [1.29, 1.82) is 5.26 Å². The van der Waals surface area contributed by atoms with Gasteiger partial charge in [-0.25, -0.2) is 0 Å². The van der Waals surface area contributed by atoms with Gasteiger partial charge >= 0.3 is 5.97 Å². The van der Waals surface area contributed by atoms with Gasteiger partial charge in [0.15, 0.2) is 6.19 Å². The number of rotatable bonds is 8. The summed E-state index contributed by atoms with van der Waals surface area (Å²) in [7, 11) is 0. The van der Waals surface area contributed by atoms with Gasteiger partial charge in [-0.15, -0.1) is 0 Å². The first-order valence-corrected chi connectivity index (χ1v) is 8.15. The Kier molecular flexibility index (Phi) is 8.40. The van der Waals surface area contributed by atoms with Gasteiger partial charge in [0.05, 0.1) is 6.54 Å². The second-order valence-electron chi connectivity index (χ2n) is 5.97. The minimum Gasteiger partial charge on any atom is -0.481 e. The zero-order chi connectivity index (χ0) is 16.3. The van der Waals surface area contributed by atoms with Crippen LogP contribution in [0.25, 0.3) is 0 Å². The Hall–Kier alpha value is -1.72. The maximum atomic E-state index is 10.4. The van der Waals surface area contributed by atoms with E-state index < -0.39 is 11.6 Å². The number of carboxylic acid groups (broad SMARTS) is 1. The molecule has 122 valence electrons. The lowest BCUT2D eigenvalue weighted by Crippen LogP contribution is -2.29. The summed E-state index contributed by atoms with van der Waals surface area (Å²) >= 11 is 0. The number of nitriles is 1. The van der Waals surface area contributed by atoms with Gasteiger partial charge in [-0.3, -0.25) is 9.69 Å². The molecule has 5 heteroatoms. The summed E-state index contributed by atoms with van der Waals surface area (Å²) in [6.45, 7) is 0.991. The molecule has 0 heterocycles. The molecule has 0 radical (unpaired) electrons. The number of carboxylic acids is 1. The molecule has 1 aliphatic carbocycles. The Morgan fingerprint density at radius 1 is 1.14 bits per heavy atom. The van der Waals surface area contributed by atoms with Crippen LogP contribution in [0.1, 0.15) is 64.2 Å². The molecule has 0 aromatic carbocycles. The second kappa shape index (κ2) is 10.1. The van der Waals surface area contributed by atoms with Crippen LogP contribution < -0.4 is 0 Å². The minimum absolute atomic E-state index is 0.214. The molecule has 5 nitrogen and oxygen atoms in total. The number of aliphatic hydroxyl groups is 1. The van der Waals surface area contributed by atoms with Crippen molar-refractivity contribution < 1.29 is 15.0 Å². The van der Waals surface area contributed by atoms with E-state index in [1.807, 2.05) is 0 Å². The number of aliphatic carboxylic acids is 1. The molecule has 0 spiro atoms. The van der Waals surface area contributed by atoms with Crippen molar-refractivity contribution in [2.45, 2.75) is 69.8 Å². The van der Waals surface area contributed by atoms with Crippen LogP contribution in [0.15, 0.2) is 0 Å². The van der Waals surface area contributed by atoms with E-state index in [0.717, 1.165) is 51.4 Å². The molecule has 0 bridgehead atoms. The van der Waals surface area contributed by atoms with Gasteiger partial charge in [0.1, 0.15) is 5.60 Å². The molecular formula is C17H26N2O3. The van der Waals surface area contributed by atoms with E-state index in [4.69, 9.17) is 10.4 Å². The van der Waals surface area contributed by atoms with Crippen molar-refractivity contribution in [2.24, 2.45) is 0 Å². The van der Waals surface area contributed by atoms with Crippen LogP contribution in [0.3, 0.4) is 0 Å². The quantitative estimate of drug-likeness (QED) is 0.311. The van der Waals surface area contributed by atoms with Crippen molar-refractivity contribution in [2.75, 3.05) is 13.1 Å². The fourth-order valence-corrected chi connectivity index (χ4v) is 2.66. The third-order valence-corrected chi connectivity index (χ3v) is 3.98. The zero-order valence-corrected chi connectivity index (χ0v) is 13.2. The molecule has 2 N–H and O–H groups in total. The summed E-state index contributed by atoms with van der Waals surface area (Å²) in [5.41, 5.74) is -0.851. The van der Waals surface area contributed by atoms with Gasteiger partial charge < -0.3 is 10.2 Å². The molecule has 0 unspecified atom stereocenters. The van der Waals surface area contributed by atoms with Crippen LogP contribution >= 0.6 is 0 Å². The predicted octanol–water partition coefficient (Wildman–Crippen LogP) is 2.50. The molecule has 0 saturated heterocycles. The largest absolute Gasteiger partial charge is 0.481 e. The Bertz CT molecular complexity index is 439. The molecule has 22 heavy (non-hydrogen) atoms. The van der Waals surface area contributed by atoms with Crippen LogP contribution in [0.4, 0.5) is 0 Å². The number of unbranched alkanes of at least 4 members (excludes halogenated alkanes) is 3. The highest BCUT2D eigenvalue weighted by Gasteiger charge is 2.26. The summed E-state index contributed by atoms with van der Waals surface area (Å²) in [5.74, 6) is 5.12. The topological polar surface area (TPSA) is 84.6 Å². The average molecular weight is 306 g/mol. The molecular weight excluding hydrogens is 280 g/mol. The van der Waals surface area contributed by atoms with Crippen molar-refractivity contribution >= 4 is 5.97 Å². The van der Waals surface area contributed by atoms with Gasteiger partial charge in [0.2, 0.25) is 0 Å². The Morgan fingerprint density at radius 2 is 1.82 bits per heavy atom. The van der Waals surface area contributed by atoms with E-state index in [-0.39, 0.29) is 6.42 Å². The fraction of sp³-hybridized carbons (Fsp3) is 0.765. The first-order valence-electron chi connectivity index (χ1n) is 8.15. The fourth-order valence-electron chi connectivity index (χ4n) is 2.66. The van der Waals surface area contributed by atoms with Crippen molar-refractivity contribution in [3.05, 3.63) is 0 Å². The third-order valence-electron chi connectivity index (χ3n) is 3.98. The van der Waals surface area contributed by atoms with Crippen molar-refractivity contribution in [3.63, 3.8) is 0 Å². The Balaban J connectivity index is 2.20. The Morgan fingerprint density at radius 3 is 2.45 bits per heavy atom. The predicted molar refractivity (Wildman–Crippen MR) is 83.7 cm³/mol. The summed E-state index contributed by atoms with van der Waals surface area (Å²) in [5, 5.41) is 27.9. The second-order valence-corrected chi connectivity index (χ2v) is 5.97. The maximum absolute atomic E-state index is 10.4. The van der Waals surface area contributed by atoms with E-state index in [2.05, 4.69) is 18.0 Å². The first-order chi connectivity index (χ1) is 10.6. The lowest BCUT2D eigenvalue weighted by molar-refractivity contribution is -0.137. The highest BCUT2D eigenvalue weighted by Crippen LogP contribution is 2.27. The third kappa shape index (κ3) is 7.90. The summed E-state index contributed by atoms with van der Waals surface area (Å²) in [6, 6.07) is 0. The molecule has 1 rings (SSSR count). The maximum Gasteiger partial charge on any atom is 0.303 e. The van der Waals surface area contributed by atoms with Gasteiger partial charge in [-0.2, -0.15) is 5.26 Å². The van der Waals surface area contributed by atoms with Crippen LogP contribution in [0.2, 0.25) is 0 Å². The summed E-state index contributed by atoms with van der Waals surface area (Å²) in [6.07, 6.45) is 10.3. The molecule has 1 saturated carbocycles. The van der Waals surface area contributed by atoms with Gasteiger partial charge in [0, 0.05) is 13.0 Å². The number of nitrogens with zero attached hydrogens (tertiary/aromatic N) is 2. The zero-order valence-electron chi connectivity index (χ0n) is 13.2. The normalized spacial score (nSPS) is 16.2. The monoisotopic (exact) mass is 306 g/mol. The Labute approximate surface area is 132 Å². The van der Waals surface area contributed by atoms with Gasteiger partial charge in [-0.1, -0.05) is 31.1 Å². The molecule has 1 fully saturated rings. The first kappa shape index (κ1) is 18.3. The smallest absolute Gasteiger partial charge is 0.303 e. The highest BCUT2D eigenvalue weighted by atomic mass is 16.4. The van der Waals surface area contributed by atoms with E-state index in [1.54, 1.807) is 4.90 Å². The van der Waals surface area contributed by atoms with E-state index in [1.165, 1.54) is 0 Å². The standard InChI is InChI=1S/C17H26N2O3/c18-15-19(13-7-2-1-4-9-16(20)21)14-8-12-17(22)10-5-3-6-11-17/h22H,1-7,9-11,13-14H2,(H,20,21). The number of carbonyl (C=O) groups is 1. The molecule has 0 amide bonds. The van der Waals surface area contributed by atoms with Gasteiger partial charge in [-0.05, 0) is 38.5 Å². The number of hydrogen-bond acceptors (Lipinski definition) is 4. The van der Waals surface area contributed by atoms with Crippen LogP contribution in [-0.4, -0.2) is 39.8 Å². The molecule has 0 atom stereocenters. The van der Waals surface area contributed by atoms with Crippen LogP contribution in [0.5, 0.6) is 0 Å². The average Bonchev–Trinajstić information content (AvgIpc) is 2.49. The van der Waals surface area contributed by atoms with Crippen molar-refractivity contribution in [3.8, 4) is 18.0 Å². The van der Waals surface area contributed by atoms with E-state index in [9.17, 15) is 9.90 Å². The lowest BCUT2D eigenvalue weighted by atomic mass is 9.85. The lowest BCUT2D eigenvalue weighted by Gasteiger charge is -2.26.